The molecule has 1 rings (SSSR count). The van der Waals surface area contributed by atoms with Crippen molar-refractivity contribution >= 4 is 28.7 Å². The second-order valence-corrected chi connectivity index (χ2v) is 2.67. The number of anilines is 2. The van der Waals surface area contributed by atoms with Crippen LogP contribution in [-0.2, 0) is 0 Å². The van der Waals surface area contributed by atoms with Crippen LogP contribution in [0.1, 0.15) is 0 Å². The lowest BCUT2D eigenvalue weighted by molar-refractivity contribution is -0.383. The van der Waals surface area contributed by atoms with Gasteiger partial charge in [-0.05, 0) is 6.07 Å². The minimum Gasteiger partial charge on any atom is -0.392 e. The highest BCUT2D eigenvalue weighted by Gasteiger charge is 2.15. The Kier molecular flexibility index (Phi) is 2.54. The molecule has 4 N–H and O–H groups in total. The number of nitrogens with one attached hydrogen (secondary N) is 1. The maximum absolute atomic E-state index is 10.4. The average Bonchev–Trinajstić information content (AvgIpc) is 2.09. The molecule has 0 aliphatic carbocycles. The van der Waals surface area contributed by atoms with Gasteiger partial charge in [0.1, 0.15) is 5.69 Å². The molecule has 0 radical (unpaired) electrons. The zero-order valence-corrected chi connectivity index (χ0v) is 7.08. The zero-order valence-electron chi connectivity index (χ0n) is 6.32. The van der Waals surface area contributed by atoms with Gasteiger partial charge in [-0.25, -0.2) is 0 Å². The normalized spacial score (nSPS) is 9.69. The Labute approximate surface area is 78.0 Å². The maximum Gasteiger partial charge on any atom is 0.295 e. The number of halogens is 1. The minimum atomic E-state index is -0.679. The molecule has 70 valence electrons. The Bertz CT molecular complexity index is 355. The fraction of sp³-hybridized carbons (Fsp3) is 0. The summed E-state index contributed by atoms with van der Waals surface area (Å²) in [4.78, 5) is 9.72. The van der Waals surface area contributed by atoms with Crippen LogP contribution in [0, 0.1) is 10.1 Å². The molecule has 1 aromatic carbocycles. The van der Waals surface area contributed by atoms with Crippen LogP contribution in [0.3, 0.4) is 0 Å². The molecule has 0 amide bonds. The third-order valence-corrected chi connectivity index (χ3v) is 1.75. The Morgan fingerprint density at radius 2 is 2.23 bits per heavy atom. The summed E-state index contributed by atoms with van der Waals surface area (Å²) in [6.07, 6.45) is 0. The highest BCUT2D eigenvalue weighted by atomic mass is 35.5. The first-order valence-corrected chi connectivity index (χ1v) is 3.57. The quantitative estimate of drug-likeness (QED) is 0.385. The van der Waals surface area contributed by atoms with Crippen LogP contribution in [0.2, 0.25) is 5.02 Å². The van der Waals surface area contributed by atoms with E-state index in [1.54, 1.807) is 5.48 Å². The molecule has 6 nitrogen and oxygen atoms in total. The van der Waals surface area contributed by atoms with Gasteiger partial charge < -0.3 is 5.73 Å². The van der Waals surface area contributed by atoms with E-state index in [1.807, 2.05) is 0 Å². The lowest BCUT2D eigenvalue weighted by Gasteiger charge is -2.02. The fourth-order valence-corrected chi connectivity index (χ4v) is 1.03. The fourth-order valence-electron chi connectivity index (χ4n) is 0.819. The predicted octanol–water partition coefficient (Wildman–Crippen LogP) is 1.63. The van der Waals surface area contributed by atoms with Gasteiger partial charge in [-0.2, -0.15) is 0 Å². The number of nitrogen functional groups attached to an aromatic ring is 1. The van der Waals surface area contributed by atoms with E-state index in [4.69, 9.17) is 22.5 Å². The van der Waals surface area contributed by atoms with Crippen LogP contribution in [0.25, 0.3) is 0 Å². The summed E-state index contributed by atoms with van der Waals surface area (Å²) in [6.45, 7) is 0. The summed E-state index contributed by atoms with van der Waals surface area (Å²) in [5.41, 5.74) is 6.72. The summed E-state index contributed by atoms with van der Waals surface area (Å²) in [5, 5.41) is 18.9. The van der Waals surface area contributed by atoms with Gasteiger partial charge in [-0.1, -0.05) is 11.6 Å². The SMILES string of the molecule is Nc1c(Cl)cc(NO)cc1[N+](=O)[O-]. The van der Waals surface area contributed by atoms with Crippen molar-refractivity contribution in [2.45, 2.75) is 0 Å². The third-order valence-electron chi connectivity index (χ3n) is 1.43. The monoisotopic (exact) mass is 203 g/mol. The Morgan fingerprint density at radius 1 is 1.62 bits per heavy atom. The Morgan fingerprint density at radius 3 is 2.69 bits per heavy atom. The van der Waals surface area contributed by atoms with E-state index in [-0.39, 0.29) is 22.1 Å². The van der Waals surface area contributed by atoms with Gasteiger partial charge in [0.25, 0.3) is 5.69 Å². The van der Waals surface area contributed by atoms with E-state index in [0.717, 1.165) is 6.07 Å². The predicted molar refractivity (Wildman–Crippen MR) is 47.9 cm³/mol. The van der Waals surface area contributed by atoms with Gasteiger partial charge in [-0.3, -0.25) is 20.8 Å². The number of hydrogen-bond acceptors (Lipinski definition) is 5. The lowest BCUT2D eigenvalue weighted by Crippen LogP contribution is -1.98. The maximum atomic E-state index is 10.4. The van der Waals surface area contributed by atoms with Crippen molar-refractivity contribution in [2.24, 2.45) is 0 Å². The zero-order chi connectivity index (χ0) is 10.0. The number of hydrogen-bond donors (Lipinski definition) is 3. The van der Waals surface area contributed by atoms with Gasteiger partial charge in [-0.15, -0.1) is 0 Å². The van der Waals surface area contributed by atoms with E-state index in [9.17, 15) is 10.1 Å². The van der Waals surface area contributed by atoms with Crippen molar-refractivity contribution in [2.75, 3.05) is 11.2 Å². The average molecular weight is 204 g/mol. The van der Waals surface area contributed by atoms with Gasteiger partial charge in [0.15, 0.2) is 0 Å². The number of rotatable bonds is 2. The largest absolute Gasteiger partial charge is 0.392 e. The van der Waals surface area contributed by atoms with E-state index in [0.29, 0.717) is 0 Å². The second-order valence-electron chi connectivity index (χ2n) is 2.26. The van der Waals surface area contributed by atoms with Crippen molar-refractivity contribution in [1.29, 1.82) is 0 Å². The molecule has 0 saturated carbocycles. The van der Waals surface area contributed by atoms with Crippen LogP contribution in [0.15, 0.2) is 12.1 Å². The topological polar surface area (TPSA) is 101 Å². The van der Waals surface area contributed by atoms with Crippen LogP contribution < -0.4 is 11.2 Å². The molecule has 1 aromatic rings. The lowest BCUT2D eigenvalue weighted by atomic mass is 10.2. The summed E-state index contributed by atoms with van der Waals surface area (Å²) in [7, 11) is 0. The molecule has 0 bridgehead atoms. The summed E-state index contributed by atoms with van der Waals surface area (Å²) < 4.78 is 0. The molecule has 0 atom stereocenters. The van der Waals surface area contributed by atoms with E-state index < -0.39 is 4.92 Å². The molecule has 0 aliphatic rings. The summed E-state index contributed by atoms with van der Waals surface area (Å²) in [6, 6.07) is 2.37. The van der Waals surface area contributed by atoms with Crippen molar-refractivity contribution in [1.82, 2.24) is 0 Å². The summed E-state index contributed by atoms with van der Waals surface area (Å²) in [5.74, 6) is 0. The molecule has 7 heteroatoms. The molecule has 0 unspecified atom stereocenters. The highest BCUT2D eigenvalue weighted by Crippen LogP contribution is 2.32. The molecular formula is C6H6ClN3O3. The molecule has 0 spiro atoms. The van der Waals surface area contributed by atoms with E-state index in [1.165, 1.54) is 6.07 Å². The number of nitrogens with zero attached hydrogens (tertiary/aromatic N) is 1. The molecule has 0 heterocycles. The van der Waals surface area contributed by atoms with Crippen molar-refractivity contribution < 1.29 is 10.1 Å². The number of nitro benzene ring substituents is 1. The molecule has 0 aliphatic heterocycles. The first kappa shape index (κ1) is 9.56. The van der Waals surface area contributed by atoms with Crippen LogP contribution in [0.4, 0.5) is 17.1 Å². The molecule has 13 heavy (non-hydrogen) atoms. The minimum absolute atomic E-state index is 0.0192. The third kappa shape index (κ3) is 1.79. The Hall–Kier alpha value is -1.53. The van der Waals surface area contributed by atoms with Gasteiger partial charge in [0.2, 0.25) is 0 Å². The number of nitrogens with two attached hydrogens (primary N) is 1. The van der Waals surface area contributed by atoms with E-state index >= 15 is 0 Å². The second kappa shape index (κ2) is 3.46. The standard InChI is InChI=1S/C6H6ClN3O3/c7-4-1-3(9-11)2-5(6(4)8)10(12)13/h1-2,9,11H,8H2. The van der Waals surface area contributed by atoms with Gasteiger partial charge >= 0.3 is 0 Å². The molecule has 0 aromatic heterocycles. The number of benzene rings is 1. The smallest absolute Gasteiger partial charge is 0.295 e. The van der Waals surface area contributed by atoms with Crippen LogP contribution >= 0.6 is 11.6 Å². The van der Waals surface area contributed by atoms with Gasteiger partial charge in [0.05, 0.1) is 15.6 Å². The van der Waals surface area contributed by atoms with Crippen LogP contribution in [-0.4, -0.2) is 10.1 Å². The Balaban J connectivity index is 3.33. The van der Waals surface area contributed by atoms with Gasteiger partial charge in [0, 0.05) is 6.07 Å². The van der Waals surface area contributed by atoms with Crippen molar-refractivity contribution in [3.8, 4) is 0 Å². The molecular weight excluding hydrogens is 198 g/mol. The van der Waals surface area contributed by atoms with Crippen molar-refractivity contribution in [3.63, 3.8) is 0 Å². The van der Waals surface area contributed by atoms with Crippen LogP contribution in [0.5, 0.6) is 0 Å². The van der Waals surface area contributed by atoms with E-state index in [2.05, 4.69) is 0 Å². The van der Waals surface area contributed by atoms with Crippen molar-refractivity contribution in [3.05, 3.63) is 27.3 Å². The first-order valence-electron chi connectivity index (χ1n) is 3.19. The molecule has 0 fully saturated rings. The first-order chi connectivity index (χ1) is 6.06. The highest BCUT2D eigenvalue weighted by molar-refractivity contribution is 6.33. The number of nitro groups is 1. The summed E-state index contributed by atoms with van der Waals surface area (Å²) >= 11 is 5.56. The molecule has 0 saturated heterocycles.